The molecule has 3 N–H and O–H groups in total. The quantitative estimate of drug-likeness (QED) is 0.782. The van der Waals surface area contributed by atoms with Gasteiger partial charge in [0.2, 0.25) is 11.8 Å². The van der Waals surface area contributed by atoms with Gasteiger partial charge in [-0.15, -0.1) is 0 Å². The molecule has 0 atom stereocenters. The summed E-state index contributed by atoms with van der Waals surface area (Å²) < 4.78 is 1.66. The lowest BCUT2D eigenvalue weighted by Gasteiger charge is -2.10. The molecule has 0 saturated carbocycles. The van der Waals surface area contributed by atoms with Gasteiger partial charge in [-0.05, 0) is 45.6 Å². The molecular weight excluding hydrogens is 318 g/mol. The van der Waals surface area contributed by atoms with Crippen LogP contribution in [-0.2, 0) is 11.3 Å². The van der Waals surface area contributed by atoms with Gasteiger partial charge in [0.25, 0.3) is 0 Å². The molecule has 0 radical (unpaired) electrons. The number of likely N-dealkylation sites (N-methyl/N-ethyl adjacent to an activating group) is 1. The van der Waals surface area contributed by atoms with Crippen LogP contribution in [0.1, 0.15) is 21.6 Å². The van der Waals surface area contributed by atoms with E-state index in [1.165, 1.54) is 0 Å². The van der Waals surface area contributed by atoms with Crippen molar-refractivity contribution in [1.29, 1.82) is 0 Å². The third-order valence-corrected chi connectivity index (χ3v) is 3.95. The number of benzene rings is 1. The zero-order chi connectivity index (χ0) is 18.6. The van der Waals surface area contributed by atoms with Gasteiger partial charge in [0.1, 0.15) is 6.54 Å². The van der Waals surface area contributed by atoms with Gasteiger partial charge in [-0.1, -0.05) is 12.1 Å². The topological polar surface area (TPSA) is 93.2 Å². The minimum Gasteiger partial charge on any atom is -0.366 e. The maximum absolute atomic E-state index is 12.0. The van der Waals surface area contributed by atoms with E-state index < -0.39 is 5.91 Å². The summed E-state index contributed by atoms with van der Waals surface area (Å²) >= 11 is 0. The molecule has 0 fully saturated rings. The predicted octanol–water partition coefficient (Wildman–Crippen LogP) is 0.944. The molecule has 0 spiro atoms. The van der Waals surface area contributed by atoms with E-state index in [4.69, 9.17) is 5.73 Å². The number of nitrogens with two attached hydrogens (primary N) is 1. The van der Waals surface area contributed by atoms with E-state index in [2.05, 4.69) is 10.4 Å². The number of nitrogens with zero attached hydrogens (tertiary/aromatic N) is 3. The Morgan fingerprint density at radius 1 is 1.24 bits per heavy atom. The molecule has 2 aromatic rings. The molecule has 2 amide bonds. The Balaban J connectivity index is 2.13. The predicted molar refractivity (Wildman–Crippen MR) is 97.2 cm³/mol. The maximum atomic E-state index is 12.0. The van der Waals surface area contributed by atoms with E-state index in [1.807, 2.05) is 51.0 Å². The van der Waals surface area contributed by atoms with Crippen molar-refractivity contribution in [2.45, 2.75) is 20.4 Å². The zero-order valence-corrected chi connectivity index (χ0v) is 15.2. The number of aryl methyl sites for hydroxylation is 2. The van der Waals surface area contributed by atoms with E-state index in [9.17, 15) is 9.59 Å². The minimum absolute atomic E-state index is 0.0821. The van der Waals surface area contributed by atoms with E-state index in [-0.39, 0.29) is 12.5 Å². The van der Waals surface area contributed by atoms with Crippen molar-refractivity contribution in [3.05, 3.63) is 41.1 Å². The van der Waals surface area contributed by atoms with Gasteiger partial charge in [-0.2, -0.15) is 5.10 Å². The second-order valence-corrected chi connectivity index (χ2v) is 6.38. The maximum Gasteiger partial charge on any atom is 0.248 e. The molecule has 0 saturated heterocycles. The van der Waals surface area contributed by atoms with E-state index in [0.29, 0.717) is 17.8 Å². The average Bonchev–Trinajstić information content (AvgIpc) is 2.88. The van der Waals surface area contributed by atoms with Crippen molar-refractivity contribution in [3.63, 3.8) is 0 Å². The van der Waals surface area contributed by atoms with Crippen molar-refractivity contribution in [3.8, 4) is 11.3 Å². The number of carbonyl (C=O) groups is 2. The van der Waals surface area contributed by atoms with Crippen molar-refractivity contribution in [2.75, 3.05) is 27.2 Å². The Hall–Kier alpha value is -2.67. The number of aromatic nitrogens is 2. The van der Waals surface area contributed by atoms with Gasteiger partial charge >= 0.3 is 0 Å². The number of hydrogen-bond donors (Lipinski definition) is 2. The van der Waals surface area contributed by atoms with E-state index >= 15 is 0 Å². The van der Waals surface area contributed by atoms with Crippen molar-refractivity contribution in [1.82, 2.24) is 20.0 Å². The molecule has 0 bridgehead atoms. The summed E-state index contributed by atoms with van der Waals surface area (Å²) in [5.74, 6) is -0.544. The second-order valence-electron chi connectivity index (χ2n) is 6.38. The van der Waals surface area contributed by atoms with Gasteiger partial charge in [-0.25, -0.2) is 0 Å². The number of hydrogen-bond acceptors (Lipinski definition) is 4. The van der Waals surface area contributed by atoms with Crippen molar-refractivity contribution >= 4 is 11.8 Å². The number of amides is 2. The first-order valence-electron chi connectivity index (χ1n) is 8.14. The lowest BCUT2D eigenvalue weighted by Crippen LogP contribution is -2.34. The Labute approximate surface area is 147 Å². The van der Waals surface area contributed by atoms with Crippen molar-refractivity contribution in [2.24, 2.45) is 5.73 Å². The van der Waals surface area contributed by atoms with E-state index in [0.717, 1.165) is 23.4 Å². The number of rotatable bonds is 7. The van der Waals surface area contributed by atoms with Crippen LogP contribution in [0.25, 0.3) is 11.3 Å². The second kappa shape index (κ2) is 7.94. The summed E-state index contributed by atoms with van der Waals surface area (Å²) in [6.07, 6.45) is 0. The number of nitrogens with one attached hydrogen (secondary N) is 1. The summed E-state index contributed by atoms with van der Waals surface area (Å²) in [5, 5.41) is 7.35. The zero-order valence-electron chi connectivity index (χ0n) is 15.2. The number of carbonyl (C=O) groups excluding carboxylic acids is 2. The van der Waals surface area contributed by atoms with Crippen LogP contribution in [0, 0.1) is 13.8 Å². The summed E-state index contributed by atoms with van der Waals surface area (Å²) in [6.45, 7) is 5.28. The molecule has 134 valence electrons. The Morgan fingerprint density at radius 2 is 1.96 bits per heavy atom. The molecule has 7 heteroatoms. The first-order valence-corrected chi connectivity index (χ1v) is 8.14. The molecule has 1 aromatic carbocycles. The molecule has 25 heavy (non-hydrogen) atoms. The lowest BCUT2D eigenvalue weighted by molar-refractivity contribution is -0.121. The molecule has 1 aromatic heterocycles. The van der Waals surface area contributed by atoms with Crippen LogP contribution < -0.4 is 11.1 Å². The normalized spacial score (nSPS) is 10.9. The molecule has 7 nitrogen and oxygen atoms in total. The molecule has 0 unspecified atom stereocenters. The third-order valence-electron chi connectivity index (χ3n) is 3.95. The van der Waals surface area contributed by atoms with Crippen LogP contribution in [0.2, 0.25) is 0 Å². The first kappa shape index (κ1) is 18.7. The van der Waals surface area contributed by atoms with Crippen molar-refractivity contribution < 1.29 is 9.59 Å². The molecule has 0 aliphatic heterocycles. The van der Waals surface area contributed by atoms with Gasteiger partial charge in [0, 0.05) is 29.9 Å². The lowest BCUT2D eigenvalue weighted by atomic mass is 10.0. The fourth-order valence-electron chi connectivity index (χ4n) is 2.47. The highest BCUT2D eigenvalue weighted by molar-refractivity contribution is 5.95. The summed E-state index contributed by atoms with van der Waals surface area (Å²) in [4.78, 5) is 25.5. The SMILES string of the molecule is Cc1ccc(-c2cc(C)n(CC(=O)NCCN(C)C)n2)cc1C(N)=O. The van der Waals surface area contributed by atoms with Crippen LogP contribution >= 0.6 is 0 Å². The molecule has 2 rings (SSSR count). The standard InChI is InChI=1S/C18H25N5O2/c1-12-5-6-14(10-15(12)18(19)25)16-9-13(2)23(21-16)11-17(24)20-7-8-22(3)4/h5-6,9-10H,7-8,11H2,1-4H3,(H2,19,25)(H,20,24). The third kappa shape index (κ3) is 4.90. The fraction of sp³-hybridized carbons (Fsp3) is 0.389. The highest BCUT2D eigenvalue weighted by Crippen LogP contribution is 2.22. The average molecular weight is 343 g/mol. The summed E-state index contributed by atoms with van der Waals surface area (Å²) in [7, 11) is 3.91. The Kier molecular flexibility index (Phi) is 5.93. The fourth-order valence-corrected chi connectivity index (χ4v) is 2.47. The molecule has 1 heterocycles. The highest BCUT2D eigenvalue weighted by atomic mass is 16.2. The number of primary amides is 1. The summed E-state index contributed by atoms with van der Waals surface area (Å²) in [6, 6.07) is 7.37. The molecule has 0 aliphatic carbocycles. The largest absolute Gasteiger partial charge is 0.366 e. The monoisotopic (exact) mass is 343 g/mol. The van der Waals surface area contributed by atoms with Crippen LogP contribution in [-0.4, -0.2) is 53.7 Å². The van der Waals surface area contributed by atoms with Gasteiger partial charge in [0.05, 0.1) is 5.69 Å². The van der Waals surface area contributed by atoms with Crippen LogP contribution in [0.15, 0.2) is 24.3 Å². The van der Waals surface area contributed by atoms with Gasteiger partial charge in [-0.3, -0.25) is 14.3 Å². The highest BCUT2D eigenvalue weighted by Gasteiger charge is 2.12. The smallest absolute Gasteiger partial charge is 0.248 e. The van der Waals surface area contributed by atoms with Crippen LogP contribution in [0.4, 0.5) is 0 Å². The minimum atomic E-state index is -0.462. The molecular formula is C18H25N5O2. The van der Waals surface area contributed by atoms with Crippen LogP contribution in [0.5, 0.6) is 0 Å². The summed E-state index contributed by atoms with van der Waals surface area (Å²) in [5.41, 5.74) is 9.10. The first-order chi connectivity index (χ1) is 11.8. The van der Waals surface area contributed by atoms with E-state index in [1.54, 1.807) is 10.7 Å². The molecule has 0 aliphatic rings. The van der Waals surface area contributed by atoms with Gasteiger partial charge < -0.3 is 16.0 Å². The van der Waals surface area contributed by atoms with Crippen LogP contribution in [0.3, 0.4) is 0 Å². The Bertz CT molecular complexity index is 780. The van der Waals surface area contributed by atoms with Gasteiger partial charge in [0.15, 0.2) is 0 Å². The Morgan fingerprint density at radius 3 is 2.60 bits per heavy atom.